The second-order valence-corrected chi connectivity index (χ2v) is 13.8. The van der Waals surface area contributed by atoms with E-state index in [0.29, 0.717) is 16.6 Å². The highest BCUT2D eigenvalue weighted by atomic mass is 19.4. The number of nitrogens with zero attached hydrogens (tertiary/aromatic N) is 2. The van der Waals surface area contributed by atoms with Crippen molar-refractivity contribution in [1.82, 2.24) is 9.55 Å². The summed E-state index contributed by atoms with van der Waals surface area (Å²) < 4.78 is 46.0. The molecule has 10 rings (SSSR count). The van der Waals surface area contributed by atoms with Crippen LogP contribution in [0.2, 0.25) is 0 Å². The predicted molar refractivity (Wildman–Crippen MR) is 220 cm³/mol. The fourth-order valence-electron chi connectivity index (χ4n) is 8.31. The maximum atomic E-state index is 14.9. The van der Waals surface area contributed by atoms with Gasteiger partial charge in [-0.1, -0.05) is 170 Å². The number of hydrogen-bond acceptors (Lipinski definition) is 1. The van der Waals surface area contributed by atoms with E-state index >= 15 is 0 Å². The number of fused-ring (bicyclic) bond motifs is 5. The zero-order valence-corrected chi connectivity index (χ0v) is 29.4. The van der Waals surface area contributed by atoms with Crippen LogP contribution in [0.25, 0.3) is 93.5 Å². The van der Waals surface area contributed by atoms with E-state index in [1.165, 1.54) is 4.57 Å². The summed E-state index contributed by atoms with van der Waals surface area (Å²) in [4.78, 5) is 4.26. The van der Waals surface area contributed by atoms with Crippen LogP contribution in [-0.4, -0.2) is 9.55 Å². The summed E-state index contributed by atoms with van der Waals surface area (Å²) in [6, 6.07) is 62.3. The summed E-state index contributed by atoms with van der Waals surface area (Å²) in [6.07, 6.45) is -4.69. The Kier molecular flexibility index (Phi) is 7.63. The van der Waals surface area contributed by atoms with Gasteiger partial charge in [0.2, 0.25) is 5.82 Å². The number of halogens is 3. The third-order valence-electron chi connectivity index (χ3n) is 10.6. The Morgan fingerprint density at radius 2 is 0.836 bits per heavy atom. The largest absolute Gasteiger partial charge is 0.450 e. The first kappa shape index (κ1) is 32.7. The van der Waals surface area contributed by atoms with Gasteiger partial charge in [0.05, 0.1) is 11.0 Å². The van der Waals surface area contributed by atoms with E-state index in [2.05, 4.69) is 89.9 Å². The summed E-state index contributed by atoms with van der Waals surface area (Å²) in [5.74, 6) is -0.956. The van der Waals surface area contributed by atoms with Crippen molar-refractivity contribution < 1.29 is 13.2 Å². The van der Waals surface area contributed by atoms with Gasteiger partial charge in [-0.15, -0.1) is 0 Å². The molecule has 0 saturated carbocycles. The van der Waals surface area contributed by atoms with Crippen molar-refractivity contribution in [2.24, 2.45) is 0 Å². The number of benzene rings is 9. The molecule has 0 N–H and O–H groups in total. The fourth-order valence-corrected chi connectivity index (χ4v) is 8.31. The van der Waals surface area contributed by atoms with Crippen molar-refractivity contribution in [3.63, 3.8) is 0 Å². The molecule has 0 amide bonds. The van der Waals surface area contributed by atoms with Crippen molar-refractivity contribution >= 4 is 43.4 Å². The molecule has 0 spiro atoms. The molecule has 0 fully saturated rings. The van der Waals surface area contributed by atoms with E-state index in [1.807, 2.05) is 84.9 Å². The van der Waals surface area contributed by atoms with Gasteiger partial charge in [-0.2, -0.15) is 13.2 Å². The molecule has 5 heteroatoms. The first-order valence-corrected chi connectivity index (χ1v) is 18.2. The Labute approximate surface area is 315 Å². The van der Waals surface area contributed by atoms with Crippen molar-refractivity contribution in [1.29, 1.82) is 0 Å². The highest BCUT2D eigenvalue weighted by Gasteiger charge is 2.38. The minimum absolute atomic E-state index is 0.289. The molecular formula is C50H31F3N2. The van der Waals surface area contributed by atoms with Crippen LogP contribution in [0.4, 0.5) is 13.2 Å². The van der Waals surface area contributed by atoms with Crippen LogP contribution in [0.3, 0.4) is 0 Å². The van der Waals surface area contributed by atoms with Crippen molar-refractivity contribution in [3.05, 3.63) is 194 Å². The second-order valence-electron chi connectivity index (χ2n) is 13.8. The number of imidazole rings is 1. The topological polar surface area (TPSA) is 17.8 Å². The van der Waals surface area contributed by atoms with E-state index in [0.717, 1.165) is 71.4 Å². The third kappa shape index (κ3) is 5.39. The lowest BCUT2D eigenvalue weighted by molar-refractivity contribution is -0.145. The molecule has 0 saturated heterocycles. The molecule has 10 aromatic rings. The molecule has 262 valence electrons. The van der Waals surface area contributed by atoms with Gasteiger partial charge < -0.3 is 0 Å². The Bertz CT molecular complexity index is 3000. The molecular weight excluding hydrogens is 686 g/mol. The molecule has 0 radical (unpaired) electrons. The lowest BCUT2D eigenvalue weighted by Gasteiger charge is -2.20. The van der Waals surface area contributed by atoms with Crippen molar-refractivity contribution in [2.75, 3.05) is 0 Å². The summed E-state index contributed by atoms with van der Waals surface area (Å²) in [5, 5.41) is 5.90. The number of rotatable bonds is 5. The molecule has 0 aliphatic heterocycles. The lowest BCUT2D eigenvalue weighted by atomic mass is 9.84. The average molecular weight is 717 g/mol. The van der Waals surface area contributed by atoms with Gasteiger partial charge in [0.15, 0.2) is 0 Å². The quantitative estimate of drug-likeness (QED) is 0.162. The minimum atomic E-state index is -4.69. The van der Waals surface area contributed by atoms with Crippen molar-refractivity contribution in [3.8, 4) is 50.2 Å². The summed E-state index contributed by atoms with van der Waals surface area (Å²) in [6.45, 7) is 0. The Balaban J connectivity index is 1.19. The second kappa shape index (κ2) is 12.9. The van der Waals surface area contributed by atoms with Crippen LogP contribution in [0.15, 0.2) is 188 Å². The van der Waals surface area contributed by atoms with Crippen LogP contribution in [0.1, 0.15) is 5.82 Å². The smallest absolute Gasteiger partial charge is 0.288 e. The van der Waals surface area contributed by atoms with Gasteiger partial charge in [0.25, 0.3) is 0 Å². The zero-order valence-electron chi connectivity index (χ0n) is 29.4. The van der Waals surface area contributed by atoms with E-state index < -0.39 is 12.0 Å². The van der Waals surface area contributed by atoms with Gasteiger partial charge in [-0.05, 0) is 89.6 Å². The van der Waals surface area contributed by atoms with E-state index in [9.17, 15) is 13.2 Å². The molecule has 55 heavy (non-hydrogen) atoms. The first-order valence-electron chi connectivity index (χ1n) is 18.2. The van der Waals surface area contributed by atoms with Gasteiger partial charge in [-0.25, -0.2) is 4.98 Å². The highest BCUT2D eigenvalue weighted by Crippen LogP contribution is 2.47. The van der Waals surface area contributed by atoms with Gasteiger partial charge in [0.1, 0.15) is 0 Å². The number of hydrogen-bond donors (Lipinski definition) is 0. The zero-order chi connectivity index (χ0) is 37.1. The molecule has 0 bridgehead atoms. The van der Waals surface area contributed by atoms with Crippen LogP contribution >= 0.6 is 0 Å². The first-order chi connectivity index (χ1) is 27.0. The Morgan fingerprint density at radius 1 is 0.382 bits per heavy atom. The maximum absolute atomic E-state index is 14.9. The molecule has 1 heterocycles. The van der Waals surface area contributed by atoms with Crippen LogP contribution in [0, 0.1) is 0 Å². The third-order valence-corrected chi connectivity index (χ3v) is 10.6. The minimum Gasteiger partial charge on any atom is -0.288 e. The molecule has 0 atom stereocenters. The van der Waals surface area contributed by atoms with Gasteiger partial charge in [0, 0.05) is 11.1 Å². The molecule has 0 aliphatic rings. The number of aromatic nitrogens is 2. The summed E-state index contributed by atoms with van der Waals surface area (Å²) >= 11 is 0. The molecule has 0 unspecified atom stereocenters. The highest BCUT2D eigenvalue weighted by molar-refractivity contribution is 6.22. The normalized spacial score (nSPS) is 11.9. The fraction of sp³-hybridized carbons (Fsp3) is 0.0200. The standard InChI is InChI=1S/C50H31F3N2/c51-50(52,53)49-54-45-31-44(33-17-5-2-6-18-33)37-20-8-14-26-43(37)48(45)55(49)35-29-27-34(28-30-35)46-39-22-10-12-24-41(39)47(42-25-13-11-23-40(42)46)38-21-9-7-19-36(38)32-15-3-1-4-16-32/h1-31H. The molecule has 9 aromatic carbocycles. The van der Waals surface area contributed by atoms with Crippen molar-refractivity contribution in [2.45, 2.75) is 6.18 Å². The van der Waals surface area contributed by atoms with Gasteiger partial charge in [-0.3, -0.25) is 4.57 Å². The van der Waals surface area contributed by atoms with Gasteiger partial charge >= 0.3 is 6.18 Å². The van der Waals surface area contributed by atoms with Crippen LogP contribution in [0.5, 0.6) is 0 Å². The van der Waals surface area contributed by atoms with E-state index in [-0.39, 0.29) is 5.52 Å². The summed E-state index contributed by atoms with van der Waals surface area (Å²) in [7, 11) is 0. The van der Waals surface area contributed by atoms with E-state index in [4.69, 9.17) is 0 Å². The lowest BCUT2D eigenvalue weighted by Crippen LogP contribution is -2.13. The SMILES string of the molecule is FC(F)(F)c1nc2cc(-c3ccccc3)c3ccccc3c2n1-c1ccc(-c2c3ccccc3c(-c3ccccc3-c3ccccc3)c3ccccc23)cc1. The number of alkyl halides is 3. The van der Waals surface area contributed by atoms with E-state index in [1.54, 1.807) is 18.2 Å². The Hall–Kier alpha value is -6.98. The summed E-state index contributed by atoms with van der Waals surface area (Å²) in [5.41, 5.74) is 9.37. The Morgan fingerprint density at radius 3 is 1.40 bits per heavy atom. The van der Waals surface area contributed by atoms with Crippen LogP contribution < -0.4 is 0 Å². The molecule has 2 nitrogen and oxygen atoms in total. The molecule has 0 aliphatic carbocycles. The molecule has 1 aromatic heterocycles. The monoisotopic (exact) mass is 716 g/mol. The predicted octanol–water partition coefficient (Wildman–Crippen LogP) is 14.2. The average Bonchev–Trinajstić information content (AvgIpc) is 3.64. The van der Waals surface area contributed by atoms with Crippen LogP contribution in [-0.2, 0) is 6.18 Å². The maximum Gasteiger partial charge on any atom is 0.450 e.